The van der Waals surface area contributed by atoms with Crippen LogP contribution < -0.4 is 5.32 Å². The van der Waals surface area contributed by atoms with E-state index in [-0.39, 0.29) is 0 Å². The van der Waals surface area contributed by atoms with E-state index in [1.165, 1.54) is 32.2 Å². The molecule has 4 unspecified atom stereocenters. The van der Waals surface area contributed by atoms with Crippen LogP contribution in [-0.4, -0.2) is 36.1 Å². The van der Waals surface area contributed by atoms with Gasteiger partial charge in [0.05, 0.1) is 0 Å². The Morgan fingerprint density at radius 3 is 2.88 bits per heavy atom. The predicted octanol–water partition coefficient (Wildman–Crippen LogP) is 2.80. The largest absolute Gasteiger partial charge is 0.311 e. The Hall–Kier alpha value is -0.340. The zero-order valence-corrected chi connectivity index (χ0v) is 11.7. The first-order valence-corrected chi connectivity index (χ1v) is 7.36. The Labute approximate surface area is 106 Å². The van der Waals surface area contributed by atoms with E-state index in [2.05, 4.69) is 43.1 Å². The molecule has 0 spiro atoms. The van der Waals surface area contributed by atoms with Gasteiger partial charge in [0.25, 0.3) is 0 Å². The SMILES string of the molecule is CCC(C)C1CN(C2CC=CCC2)C(C)CN1. The summed E-state index contributed by atoms with van der Waals surface area (Å²) in [5, 5.41) is 3.73. The van der Waals surface area contributed by atoms with Gasteiger partial charge in [0, 0.05) is 31.2 Å². The van der Waals surface area contributed by atoms with Crippen molar-refractivity contribution >= 4 is 0 Å². The molecule has 98 valence electrons. The van der Waals surface area contributed by atoms with E-state index in [1.807, 2.05) is 0 Å². The minimum absolute atomic E-state index is 0.696. The Bertz CT molecular complexity index is 262. The van der Waals surface area contributed by atoms with Gasteiger partial charge in [0.2, 0.25) is 0 Å². The summed E-state index contributed by atoms with van der Waals surface area (Å²) >= 11 is 0. The van der Waals surface area contributed by atoms with E-state index in [4.69, 9.17) is 0 Å². The molecule has 0 radical (unpaired) electrons. The van der Waals surface area contributed by atoms with Crippen LogP contribution in [0.3, 0.4) is 0 Å². The molecule has 1 N–H and O–H groups in total. The fourth-order valence-electron chi connectivity index (χ4n) is 3.16. The van der Waals surface area contributed by atoms with Crippen LogP contribution in [0.5, 0.6) is 0 Å². The smallest absolute Gasteiger partial charge is 0.0221 e. The number of allylic oxidation sites excluding steroid dienone is 1. The normalized spacial score (nSPS) is 37.0. The van der Waals surface area contributed by atoms with Crippen molar-refractivity contribution in [1.29, 1.82) is 0 Å². The second-order valence-electron chi connectivity index (χ2n) is 5.88. The average molecular weight is 236 g/mol. The van der Waals surface area contributed by atoms with Gasteiger partial charge in [-0.05, 0) is 32.1 Å². The minimum Gasteiger partial charge on any atom is -0.311 e. The van der Waals surface area contributed by atoms with E-state index < -0.39 is 0 Å². The van der Waals surface area contributed by atoms with Crippen molar-refractivity contribution in [1.82, 2.24) is 10.2 Å². The first-order valence-electron chi connectivity index (χ1n) is 7.36. The lowest BCUT2D eigenvalue weighted by atomic mass is 9.92. The Balaban J connectivity index is 1.96. The van der Waals surface area contributed by atoms with E-state index >= 15 is 0 Å². The first-order chi connectivity index (χ1) is 8.22. The average Bonchev–Trinajstić information content (AvgIpc) is 2.39. The molecule has 4 atom stereocenters. The van der Waals surface area contributed by atoms with Gasteiger partial charge < -0.3 is 5.32 Å². The van der Waals surface area contributed by atoms with Crippen molar-refractivity contribution in [2.75, 3.05) is 13.1 Å². The minimum atomic E-state index is 0.696. The zero-order valence-electron chi connectivity index (χ0n) is 11.7. The van der Waals surface area contributed by atoms with Crippen LogP contribution in [0.2, 0.25) is 0 Å². The van der Waals surface area contributed by atoms with Gasteiger partial charge in [0.15, 0.2) is 0 Å². The summed E-state index contributed by atoms with van der Waals surface area (Å²) in [5.74, 6) is 0.795. The van der Waals surface area contributed by atoms with E-state index in [9.17, 15) is 0 Å². The number of rotatable bonds is 3. The molecule has 2 aliphatic rings. The van der Waals surface area contributed by atoms with E-state index in [1.54, 1.807) is 0 Å². The summed E-state index contributed by atoms with van der Waals surface area (Å²) in [6.45, 7) is 9.47. The van der Waals surface area contributed by atoms with Crippen molar-refractivity contribution in [2.45, 2.75) is 64.6 Å². The molecule has 0 aromatic rings. The van der Waals surface area contributed by atoms with Gasteiger partial charge in [-0.2, -0.15) is 0 Å². The summed E-state index contributed by atoms with van der Waals surface area (Å²) in [4.78, 5) is 2.76. The van der Waals surface area contributed by atoms with Gasteiger partial charge in [-0.3, -0.25) is 4.90 Å². The van der Waals surface area contributed by atoms with Crippen LogP contribution in [0.1, 0.15) is 46.5 Å². The quantitative estimate of drug-likeness (QED) is 0.758. The topological polar surface area (TPSA) is 15.3 Å². The molecule has 1 fully saturated rings. The number of piperazine rings is 1. The van der Waals surface area contributed by atoms with Crippen molar-refractivity contribution in [2.24, 2.45) is 5.92 Å². The van der Waals surface area contributed by atoms with Gasteiger partial charge in [-0.1, -0.05) is 32.4 Å². The maximum Gasteiger partial charge on any atom is 0.0221 e. The lowest BCUT2D eigenvalue weighted by Crippen LogP contribution is -2.60. The highest BCUT2D eigenvalue weighted by Crippen LogP contribution is 2.24. The Kier molecular flexibility index (Phi) is 4.63. The van der Waals surface area contributed by atoms with Gasteiger partial charge >= 0.3 is 0 Å². The maximum atomic E-state index is 3.73. The van der Waals surface area contributed by atoms with E-state index in [0.29, 0.717) is 12.1 Å². The monoisotopic (exact) mass is 236 g/mol. The van der Waals surface area contributed by atoms with Crippen LogP contribution in [0, 0.1) is 5.92 Å². The highest BCUT2D eigenvalue weighted by atomic mass is 15.3. The second-order valence-corrected chi connectivity index (χ2v) is 5.88. The third kappa shape index (κ3) is 3.11. The summed E-state index contributed by atoms with van der Waals surface area (Å²) in [6.07, 6.45) is 9.89. The third-order valence-electron chi connectivity index (χ3n) is 4.69. The van der Waals surface area contributed by atoms with Crippen LogP contribution in [-0.2, 0) is 0 Å². The molecule has 0 amide bonds. The summed E-state index contributed by atoms with van der Waals surface area (Å²) in [5.41, 5.74) is 0. The molecular weight excluding hydrogens is 208 g/mol. The molecule has 0 bridgehead atoms. The number of hydrogen-bond donors (Lipinski definition) is 1. The number of hydrogen-bond acceptors (Lipinski definition) is 2. The standard InChI is InChI=1S/C15H28N2/c1-4-12(2)15-11-17(13(3)10-16-15)14-8-6-5-7-9-14/h5-6,12-16H,4,7-11H2,1-3H3. The molecule has 1 aliphatic carbocycles. The lowest BCUT2D eigenvalue weighted by molar-refractivity contribution is 0.0704. The van der Waals surface area contributed by atoms with Gasteiger partial charge in [-0.15, -0.1) is 0 Å². The second kappa shape index (κ2) is 6.01. The van der Waals surface area contributed by atoms with Crippen molar-refractivity contribution in [3.8, 4) is 0 Å². The fourth-order valence-corrected chi connectivity index (χ4v) is 3.16. The molecule has 17 heavy (non-hydrogen) atoms. The van der Waals surface area contributed by atoms with Gasteiger partial charge in [-0.25, -0.2) is 0 Å². The summed E-state index contributed by atoms with van der Waals surface area (Å²) in [6, 6.07) is 2.19. The maximum absolute atomic E-state index is 3.73. The highest BCUT2D eigenvalue weighted by molar-refractivity contribution is 4.97. The summed E-state index contributed by atoms with van der Waals surface area (Å²) < 4.78 is 0. The molecule has 1 saturated heterocycles. The third-order valence-corrected chi connectivity index (χ3v) is 4.69. The van der Waals surface area contributed by atoms with Crippen LogP contribution in [0.15, 0.2) is 12.2 Å². The Morgan fingerprint density at radius 2 is 2.24 bits per heavy atom. The molecule has 2 rings (SSSR count). The van der Waals surface area contributed by atoms with Gasteiger partial charge in [0.1, 0.15) is 0 Å². The zero-order chi connectivity index (χ0) is 12.3. The Morgan fingerprint density at radius 1 is 1.41 bits per heavy atom. The molecule has 0 aromatic heterocycles. The molecule has 1 heterocycles. The highest BCUT2D eigenvalue weighted by Gasteiger charge is 2.31. The molecule has 1 aliphatic heterocycles. The molecule has 2 nitrogen and oxygen atoms in total. The van der Waals surface area contributed by atoms with Crippen molar-refractivity contribution in [3.05, 3.63) is 12.2 Å². The lowest BCUT2D eigenvalue weighted by Gasteiger charge is -2.45. The predicted molar refractivity (Wildman–Crippen MR) is 74.2 cm³/mol. The number of nitrogens with zero attached hydrogens (tertiary/aromatic N) is 1. The van der Waals surface area contributed by atoms with E-state index in [0.717, 1.165) is 18.5 Å². The van der Waals surface area contributed by atoms with Crippen LogP contribution in [0.25, 0.3) is 0 Å². The number of nitrogens with one attached hydrogen (secondary N) is 1. The van der Waals surface area contributed by atoms with Crippen molar-refractivity contribution in [3.63, 3.8) is 0 Å². The molecular formula is C15H28N2. The van der Waals surface area contributed by atoms with Crippen LogP contribution >= 0.6 is 0 Å². The van der Waals surface area contributed by atoms with Crippen LogP contribution in [0.4, 0.5) is 0 Å². The van der Waals surface area contributed by atoms with Crippen molar-refractivity contribution < 1.29 is 0 Å². The molecule has 2 heteroatoms. The molecule has 0 aromatic carbocycles. The molecule has 0 saturated carbocycles. The first kappa shape index (κ1) is 13.1. The summed E-state index contributed by atoms with van der Waals surface area (Å²) in [7, 11) is 0. The fraction of sp³-hybridized carbons (Fsp3) is 0.867.